The SMILES string of the molecule is N#Cc1ccc(-c2ccc(-c3ccc(C(F)(F)F)cc3C#N)cc2-n2c3ccccc3c3cc(C(F)(F)F)ccc32)c(-n2c3ccccc3c3cc(C(F)(F)F)ccc32)c1. The smallest absolute Gasteiger partial charge is 0.309 e. The molecule has 9 aromatic rings. The Morgan fingerprint density at radius 3 is 1.32 bits per heavy atom. The number of para-hydroxylation sites is 2. The third kappa shape index (κ3) is 6.18. The summed E-state index contributed by atoms with van der Waals surface area (Å²) >= 11 is 0. The first kappa shape index (κ1) is 38.0. The Hall–Kier alpha value is -7.51. The molecular formula is C47H23F9N4. The number of halogens is 9. The Labute approximate surface area is 333 Å². The topological polar surface area (TPSA) is 57.4 Å². The fourth-order valence-corrected chi connectivity index (χ4v) is 8.01. The summed E-state index contributed by atoms with van der Waals surface area (Å²) < 4.78 is 129. The van der Waals surface area contributed by atoms with Gasteiger partial charge in [-0.25, -0.2) is 0 Å². The summed E-state index contributed by atoms with van der Waals surface area (Å²) in [6, 6.07) is 36.8. The number of fused-ring (bicyclic) bond motifs is 6. The Morgan fingerprint density at radius 1 is 0.383 bits per heavy atom. The summed E-state index contributed by atoms with van der Waals surface area (Å²) in [4.78, 5) is 0. The highest BCUT2D eigenvalue weighted by Gasteiger charge is 2.34. The number of nitriles is 2. The van der Waals surface area contributed by atoms with Gasteiger partial charge in [0.2, 0.25) is 0 Å². The minimum absolute atomic E-state index is 0.154. The number of aromatic nitrogens is 2. The maximum atomic E-state index is 14.1. The number of rotatable bonds is 4. The molecule has 2 heterocycles. The molecule has 0 unspecified atom stereocenters. The average molecular weight is 815 g/mol. The van der Waals surface area contributed by atoms with E-state index in [2.05, 4.69) is 6.07 Å². The van der Waals surface area contributed by atoms with Crippen molar-refractivity contribution in [3.63, 3.8) is 0 Å². The zero-order chi connectivity index (χ0) is 42.3. The number of hydrogen-bond donors (Lipinski definition) is 0. The van der Waals surface area contributed by atoms with Gasteiger partial charge in [-0.1, -0.05) is 60.7 Å². The molecule has 0 amide bonds. The molecule has 0 aliphatic carbocycles. The third-order valence-corrected chi connectivity index (χ3v) is 10.7. The molecule has 60 heavy (non-hydrogen) atoms. The molecule has 13 heteroatoms. The Kier molecular flexibility index (Phi) is 8.58. The van der Waals surface area contributed by atoms with Gasteiger partial charge in [-0.05, 0) is 90.0 Å². The van der Waals surface area contributed by atoms with Gasteiger partial charge < -0.3 is 9.13 Å². The largest absolute Gasteiger partial charge is 0.416 e. The van der Waals surface area contributed by atoms with E-state index in [1.165, 1.54) is 18.2 Å². The van der Waals surface area contributed by atoms with Gasteiger partial charge in [-0.2, -0.15) is 50.0 Å². The van der Waals surface area contributed by atoms with Crippen molar-refractivity contribution in [1.29, 1.82) is 10.5 Å². The van der Waals surface area contributed by atoms with Crippen molar-refractivity contribution in [3.05, 3.63) is 167 Å². The maximum absolute atomic E-state index is 14.1. The van der Waals surface area contributed by atoms with Crippen molar-refractivity contribution >= 4 is 43.6 Å². The van der Waals surface area contributed by atoms with Crippen molar-refractivity contribution in [3.8, 4) is 45.8 Å². The molecule has 0 bridgehead atoms. The van der Waals surface area contributed by atoms with Gasteiger partial charge >= 0.3 is 18.5 Å². The molecule has 0 aliphatic heterocycles. The van der Waals surface area contributed by atoms with Crippen LogP contribution in [-0.4, -0.2) is 9.13 Å². The first-order valence-electron chi connectivity index (χ1n) is 18.1. The van der Waals surface area contributed by atoms with Crippen LogP contribution in [0.2, 0.25) is 0 Å². The summed E-state index contributed by atoms with van der Waals surface area (Å²) in [6.07, 6.45) is -14.0. The van der Waals surface area contributed by atoms with Crippen LogP contribution in [0.15, 0.2) is 140 Å². The van der Waals surface area contributed by atoms with Crippen molar-refractivity contribution in [1.82, 2.24) is 9.13 Å². The van der Waals surface area contributed by atoms with Gasteiger partial charge in [-0.3, -0.25) is 0 Å². The van der Waals surface area contributed by atoms with Gasteiger partial charge in [0.1, 0.15) is 0 Å². The standard InChI is InChI=1S/C47H23F9N4/c48-45(49,50)29-11-16-32(28(20-29)25-58)27-10-15-36(44(21-27)60-40-8-4-2-6-34(40)38-23-31(47(54,55)56)13-18-42(38)60)35-14-9-26(24-57)19-43(35)59-39-7-3-1-5-33(39)37-22-30(46(51,52)53)12-17-41(37)59/h1-23H. The second-order valence-electron chi connectivity index (χ2n) is 14.1. The van der Waals surface area contributed by atoms with Crippen LogP contribution in [0.25, 0.3) is 77.2 Å². The van der Waals surface area contributed by atoms with Gasteiger partial charge in [0.25, 0.3) is 0 Å². The average Bonchev–Trinajstić information content (AvgIpc) is 3.74. The van der Waals surface area contributed by atoms with Crippen LogP contribution >= 0.6 is 0 Å². The molecule has 4 nitrogen and oxygen atoms in total. The van der Waals surface area contributed by atoms with Crippen LogP contribution in [-0.2, 0) is 18.5 Å². The van der Waals surface area contributed by atoms with E-state index in [0.717, 1.165) is 36.4 Å². The lowest BCUT2D eigenvalue weighted by Gasteiger charge is -2.20. The van der Waals surface area contributed by atoms with Crippen LogP contribution in [0, 0.1) is 22.7 Å². The van der Waals surface area contributed by atoms with Crippen LogP contribution < -0.4 is 0 Å². The summed E-state index contributed by atoms with van der Waals surface area (Å²) in [7, 11) is 0. The lowest BCUT2D eigenvalue weighted by molar-refractivity contribution is -0.138. The van der Waals surface area contributed by atoms with Crippen molar-refractivity contribution in [2.24, 2.45) is 0 Å². The van der Waals surface area contributed by atoms with Gasteiger partial charge in [0.05, 0.1) is 73.4 Å². The highest BCUT2D eigenvalue weighted by atomic mass is 19.4. The van der Waals surface area contributed by atoms with E-state index >= 15 is 0 Å². The molecule has 294 valence electrons. The predicted molar refractivity (Wildman–Crippen MR) is 210 cm³/mol. The predicted octanol–water partition coefficient (Wildman–Crippen LogP) is 14.0. The number of benzene rings is 7. The Morgan fingerprint density at radius 2 is 0.817 bits per heavy atom. The van der Waals surface area contributed by atoms with E-state index in [1.54, 1.807) is 94.1 Å². The normalized spacial score (nSPS) is 12.4. The molecule has 9 rings (SSSR count). The van der Waals surface area contributed by atoms with Crippen LogP contribution in [0.1, 0.15) is 27.8 Å². The first-order chi connectivity index (χ1) is 28.6. The molecule has 0 atom stereocenters. The fraction of sp³-hybridized carbons (Fsp3) is 0.0638. The van der Waals surface area contributed by atoms with E-state index in [-0.39, 0.29) is 22.1 Å². The quantitative estimate of drug-likeness (QED) is 0.166. The van der Waals surface area contributed by atoms with Gasteiger partial charge in [0.15, 0.2) is 0 Å². The van der Waals surface area contributed by atoms with Crippen molar-refractivity contribution in [2.75, 3.05) is 0 Å². The molecule has 0 spiro atoms. The molecule has 0 saturated heterocycles. The third-order valence-electron chi connectivity index (χ3n) is 10.7. The monoisotopic (exact) mass is 814 g/mol. The van der Waals surface area contributed by atoms with E-state index in [4.69, 9.17) is 0 Å². The molecule has 0 saturated carbocycles. The molecular weight excluding hydrogens is 792 g/mol. The minimum Gasteiger partial charge on any atom is -0.309 e. The Balaban J connectivity index is 1.40. The second kappa shape index (κ2) is 13.5. The van der Waals surface area contributed by atoms with Gasteiger partial charge in [0, 0.05) is 32.7 Å². The number of nitrogens with zero attached hydrogens (tertiary/aromatic N) is 4. The molecule has 0 aliphatic rings. The fourth-order valence-electron chi connectivity index (χ4n) is 8.01. The molecule has 7 aromatic carbocycles. The lowest BCUT2D eigenvalue weighted by atomic mass is 9.93. The first-order valence-corrected chi connectivity index (χ1v) is 18.1. The summed E-state index contributed by atoms with van der Waals surface area (Å²) in [5.41, 5.74) is 0.956. The lowest BCUT2D eigenvalue weighted by Crippen LogP contribution is -2.06. The molecule has 0 N–H and O–H groups in total. The summed E-state index contributed by atoms with van der Waals surface area (Å²) in [5.74, 6) is 0. The van der Waals surface area contributed by atoms with Gasteiger partial charge in [-0.15, -0.1) is 0 Å². The number of alkyl halides is 9. The maximum Gasteiger partial charge on any atom is 0.416 e. The number of hydrogen-bond acceptors (Lipinski definition) is 2. The van der Waals surface area contributed by atoms with Crippen LogP contribution in [0.5, 0.6) is 0 Å². The zero-order valence-corrected chi connectivity index (χ0v) is 30.5. The van der Waals surface area contributed by atoms with E-state index in [0.29, 0.717) is 66.3 Å². The van der Waals surface area contributed by atoms with E-state index in [9.17, 15) is 50.0 Å². The van der Waals surface area contributed by atoms with E-state index < -0.39 is 35.2 Å². The molecule has 0 fully saturated rings. The molecule has 0 radical (unpaired) electrons. The summed E-state index contributed by atoms with van der Waals surface area (Å²) in [5, 5.41) is 21.7. The minimum atomic E-state index is -4.73. The summed E-state index contributed by atoms with van der Waals surface area (Å²) in [6.45, 7) is 0. The highest BCUT2D eigenvalue weighted by Crippen LogP contribution is 2.45. The zero-order valence-electron chi connectivity index (χ0n) is 30.5. The van der Waals surface area contributed by atoms with Crippen molar-refractivity contribution in [2.45, 2.75) is 18.5 Å². The highest BCUT2D eigenvalue weighted by molar-refractivity contribution is 6.12. The van der Waals surface area contributed by atoms with Crippen LogP contribution in [0.4, 0.5) is 39.5 Å². The molecule has 2 aromatic heterocycles. The van der Waals surface area contributed by atoms with Crippen LogP contribution in [0.3, 0.4) is 0 Å². The second-order valence-corrected chi connectivity index (χ2v) is 14.1. The van der Waals surface area contributed by atoms with Crippen molar-refractivity contribution < 1.29 is 39.5 Å². The van der Waals surface area contributed by atoms with E-state index in [1.807, 2.05) is 6.07 Å². The Bertz CT molecular complexity index is 3310.